The molecule has 1 aromatic heterocycles. The number of nitro benzene ring substituents is 1. The van der Waals surface area contributed by atoms with Crippen LogP contribution < -0.4 is 0 Å². The quantitative estimate of drug-likeness (QED) is 0.583. The molecule has 72 valence electrons. The molecule has 14 heavy (non-hydrogen) atoms. The number of rotatable bonds is 1. The van der Waals surface area contributed by atoms with E-state index < -0.39 is 4.92 Å². The molecular formula is C8H3BrClNO2S. The van der Waals surface area contributed by atoms with E-state index in [0.717, 1.165) is 14.6 Å². The molecule has 0 spiro atoms. The number of benzene rings is 1. The highest BCUT2D eigenvalue weighted by Gasteiger charge is 2.15. The Hall–Kier alpha value is -0.650. The maximum atomic E-state index is 10.6. The molecule has 0 saturated carbocycles. The third kappa shape index (κ3) is 1.51. The van der Waals surface area contributed by atoms with Crippen LogP contribution in [0.1, 0.15) is 0 Å². The molecule has 0 saturated heterocycles. The second-order valence-electron chi connectivity index (χ2n) is 2.64. The maximum absolute atomic E-state index is 10.6. The number of hydrogen-bond acceptors (Lipinski definition) is 3. The van der Waals surface area contributed by atoms with Crippen LogP contribution in [0.3, 0.4) is 0 Å². The highest BCUT2D eigenvalue weighted by molar-refractivity contribution is 9.10. The zero-order valence-corrected chi connectivity index (χ0v) is 9.82. The molecule has 0 radical (unpaired) electrons. The fraction of sp³-hybridized carbons (Fsp3) is 0. The molecule has 0 bridgehead atoms. The number of fused-ring (bicyclic) bond motifs is 1. The minimum atomic E-state index is -0.477. The zero-order chi connectivity index (χ0) is 10.3. The second kappa shape index (κ2) is 3.49. The molecule has 6 heteroatoms. The van der Waals surface area contributed by atoms with Crippen molar-refractivity contribution in [2.75, 3.05) is 0 Å². The normalized spacial score (nSPS) is 10.7. The van der Waals surface area contributed by atoms with Gasteiger partial charge in [-0.05, 0) is 22.0 Å². The molecule has 0 atom stereocenters. The van der Waals surface area contributed by atoms with Gasteiger partial charge in [0.05, 0.1) is 4.92 Å². The summed E-state index contributed by atoms with van der Waals surface area (Å²) in [6, 6.07) is 3.10. The van der Waals surface area contributed by atoms with Crippen LogP contribution in [0.5, 0.6) is 0 Å². The van der Waals surface area contributed by atoms with E-state index >= 15 is 0 Å². The molecule has 0 unspecified atom stereocenters. The summed E-state index contributed by atoms with van der Waals surface area (Å²) >= 11 is 10.6. The number of nitrogens with zero attached hydrogens (tertiary/aromatic N) is 1. The van der Waals surface area contributed by atoms with Crippen LogP contribution in [0.25, 0.3) is 10.1 Å². The number of nitro groups is 1. The van der Waals surface area contributed by atoms with Gasteiger partial charge in [-0.1, -0.05) is 11.6 Å². The summed E-state index contributed by atoms with van der Waals surface area (Å²) < 4.78 is 1.77. The van der Waals surface area contributed by atoms with Crippen LogP contribution in [0.4, 0.5) is 5.69 Å². The van der Waals surface area contributed by atoms with Crippen molar-refractivity contribution in [2.24, 2.45) is 0 Å². The minimum Gasteiger partial charge on any atom is -0.258 e. The van der Waals surface area contributed by atoms with Gasteiger partial charge in [0.1, 0.15) is 5.02 Å². The predicted molar refractivity (Wildman–Crippen MR) is 61.2 cm³/mol. The zero-order valence-electron chi connectivity index (χ0n) is 6.66. The van der Waals surface area contributed by atoms with Gasteiger partial charge in [0.25, 0.3) is 5.69 Å². The van der Waals surface area contributed by atoms with E-state index in [0.29, 0.717) is 0 Å². The van der Waals surface area contributed by atoms with Crippen molar-refractivity contribution in [1.82, 2.24) is 0 Å². The first-order valence-corrected chi connectivity index (χ1v) is 5.65. The van der Waals surface area contributed by atoms with Crippen molar-refractivity contribution in [3.63, 3.8) is 0 Å². The van der Waals surface area contributed by atoms with E-state index in [1.54, 1.807) is 6.07 Å². The number of thiophene rings is 1. The van der Waals surface area contributed by atoms with Gasteiger partial charge in [0.2, 0.25) is 0 Å². The average molecular weight is 293 g/mol. The molecule has 1 heterocycles. The van der Waals surface area contributed by atoms with Crippen LogP contribution in [-0.2, 0) is 0 Å². The Balaban J connectivity index is 2.79. The van der Waals surface area contributed by atoms with Crippen LogP contribution in [0, 0.1) is 10.1 Å². The first-order valence-electron chi connectivity index (χ1n) is 3.60. The SMILES string of the molecule is O=[N+]([O-])c1cc2scc(Br)c2cc1Cl. The van der Waals surface area contributed by atoms with Crippen molar-refractivity contribution in [1.29, 1.82) is 0 Å². The summed E-state index contributed by atoms with van der Waals surface area (Å²) in [6.07, 6.45) is 0. The Kier molecular flexibility index (Phi) is 2.47. The third-order valence-corrected chi connectivity index (χ3v) is 4.00. The molecule has 1 aromatic carbocycles. The fourth-order valence-corrected chi connectivity index (χ4v) is 2.95. The summed E-state index contributed by atoms with van der Waals surface area (Å²) in [6.45, 7) is 0. The van der Waals surface area contributed by atoms with Crippen LogP contribution in [-0.4, -0.2) is 4.92 Å². The van der Waals surface area contributed by atoms with Gasteiger partial charge in [0, 0.05) is 26.0 Å². The second-order valence-corrected chi connectivity index (χ2v) is 4.81. The molecular weight excluding hydrogens is 290 g/mol. The maximum Gasteiger partial charge on any atom is 0.289 e. The molecule has 0 N–H and O–H groups in total. The van der Waals surface area contributed by atoms with Crippen LogP contribution in [0.2, 0.25) is 5.02 Å². The van der Waals surface area contributed by atoms with Gasteiger partial charge >= 0.3 is 0 Å². The molecule has 0 fully saturated rings. The average Bonchev–Trinajstić information content (AvgIpc) is 2.46. The lowest BCUT2D eigenvalue weighted by atomic mass is 10.2. The number of halogens is 2. The summed E-state index contributed by atoms with van der Waals surface area (Å²) in [7, 11) is 0. The van der Waals surface area contributed by atoms with Gasteiger partial charge in [-0.3, -0.25) is 10.1 Å². The lowest BCUT2D eigenvalue weighted by Gasteiger charge is -1.95. The van der Waals surface area contributed by atoms with Crippen LogP contribution in [0.15, 0.2) is 22.0 Å². The first-order chi connectivity index (χ1) is 6.59. The standard InChI is InChI=1S/C8H3BrClNO2S/c9-5-3-14-8-2-7(11(12)13)6(10)1-4(5)8/h1-3H. The van der Waals surface area contributed by atoms with E-state index in [1.807, 2.05) is 5.38 Å². The largest absolute Gasteiger partial charge is 0.289 e. The van der Waals surface area contributed by atoms with Crippen LogP contribution >= 0.6 is 38.9 Å². The molecule has 0 aliphatic carbocycles. The monoisotopic (exact) mass is 291 g/mol. The topological polar surface area (TPSA) is 43.1 Å². The Labute approximate surface area is 96.6 Å². The van der Waals surface area contributed by atoms with E-state index in [9.17, 15) is 10.1 Å². The van der Waals surface area contributed by atoms with Crippen molar-refractivity contribution < 1.29 is 4.92 Å². The Morgan fingerprint density at radius 3 is 2.86 bits per heavy atom. The van der Waals surface area contributed by atoms with Crippen molar-refractivity contribution in [2.45, 2.75) is 0 Å². The molecule has 0 aliphatic rings. The van der Waals surface area contributed by atoms with Crippen molar-refractivity contribution in [3.05, 3.63) is 37.1 Å². The van der Waals surface area contributed by atoms with E-state index in [1.165, 1.54) is 17.4 Å². The van der Waals surface area contributed by atoms with Gasteiger partial charge in [0.15, 0.2) is 0 Å². The summed E-state index contributed by atoms with van der Waals surface area (Å²) in [5.41, 5.74) is -0.0477. The predicted octanol–water partition coefficient (Wildman–Crippen LogP) is 4.23. The molecule has 0 aliphatic heterocycles. The van der Waals surface area contributed by atoms with Crippen molar-refractivity contribution in [3.8, 4) is 0 Å². The highest BCUT2D eigenvalue weighted by atomic mass is 79.9. The molecule has 0 amide bonds. The fourth-order valence-electron chi connectivity index (χ4n) is 1.15. The van der Waals surface area contributed by atoms with E-state index in [2.05, 4.69) is 15.9 Å². The lowest BCUT2D eigenvalue weighted by Crippen LogP contribution is -1.88. The first kappa shape index (κ1) is 9.89. The highest BCUT2D eigenvalue weighted by Crippen LogP contribution is 2.36. The Morgan fingerprint density at radius 2 is 2.21 bits per heavy atom. The Morgan fingerprint density at radius 1 is 1.50 bits per heavy atom. The molecule has 2 aromatic rings. The summed E-state index contributed by atoms with van der Waals surface area (Å²) in [5.74, 6) is 0. The van der Waals surface area contributed by atoms with Crippen molar-refractivity contribution >= 4 is 54.6 Å². The third-order valence-electron chi connectivity index (χ3n) is 1.79. The van der Waals surface area contributed by atoms with E-state index in [-0.39, 0.29) is 10.7 Å². The van der Waals surface area contributed by atoms with Gasteiger partial charge in [-0.2, -0.15) is 0 Å². The van der Waals surface area contributed by atoms with Gasteiger partial charge < -0.3 is 0 Å². The summed E-state index contributed by atoms with van der Waals surface area (Å²) in [4.78, 5) is 10.1. The summed E-state index contributed by atoms with van der Waals surface area (Å²) in [5, 5.41) is 13.5. The molecule has 2 rings (SSSR count). The molecule has 3 nitrogen and oxygen atoms in total. The minimum absolute atomic E-state index is 0.0477. The van der Waals surface area contributed by atoms with Gasteiger partial charge in [-0.15, -0.1) is 11.3 Å². The Bertz CT molecular complexity index is 525. The number of hydrogen-bond donors (Lipinski definition) is 0. The smallest absolute Gasteiger partial charge is 0.258 e. The lowest BCUT2D eigenvalue weighted by molar-refractivity contribution is -0.384. The van der Waals surface area contributed by atoms with Gasteiger partial charge in [-0.25, -0.2) is 0 Å². The van der Waals surface area contributed by atoms with E-state index in [4.69, 9.17) is 11.6 Å².